The molecule has 78 valence electrons. The van der Waals surface area contributed by atoms with Gasteiger partial charge in [0.25, 0.3) is 0 Å². The van der Waals surface area contributed by atoms with Crippen LogP contribution in [0.1, 0.15) is 26.7 Å². The zero-order valence-electron chi connectivity index (χ0n) is 8.05. The fourth-order valence-electron chi connectivity index (χ4n) is 0.674. The molecule has 0 saturated heterocycles. The van der Waals surface area contributed by atoms with E-state index < -0.39 is 30.0 Å². The maximum Gasteiger partial charge on any atom is 0.235 e. The number of nitrogens with one attached hydrogen (secondary N) is 2. The second-order valence-corrected chi connectivity index (χ2v) is 2.61. The van der Waals surface area contributed by atoms with Crippen molar-refractivity contribution < 1.29 is 19.2 Å². The van der Waals surface area contributed by atoms with Crippen LogP contribution < -0.4 is 10.6 Å². The van der Waals surface area contributed by atoms with Crippen LogP contribution in [0.3, 0.4) is 0 Å². The van der Waals surface area contributed by atoms with Gasteiger partial charge in [0.1, 0.15) is 6.42 Å². The van der Waals surface area contributed by atoms with Crippen LogP contribution in [0.5, 0.6) is 0 Å². The minimum atomic E-state index is -0.723. The Kier molecular flexibility index (Phi) is 5.13. The third kappa shape index (κ3) is 5.87. The van der Waals surface area contributed by atoms with Crippen molar-refractivity contribution >= 4 is 23.6 Å². The van der Waals surface area contributed by atoms with Crippen LogP contribution in [0.4, 0.5) is 0 Å². The Morgan fingerprint density at radius 2 is 1.43 bits per heavy atom. The van der Waals surface area contributed by atoms with Crippen LogP contribution in [0, 0.1) is 0 Å². The molecule has 0 radical (unpaired) electrons. The number of imide groups is 2. The number of hydrogen-bond donors (Lipinski definition) is 2. The number of carbonyl (C=O) groups is 4. The first-order valence-corrected chi connectivity index (χ1v) is 4.08. The highest BCUT2D eigenvalue weighted by Crippen LogP contribution is 1.82. The number of carbonyl (C=O) groups excluding carboxylic acids is 4. The summed E-state index contributed by atoms with van der Waals surface area (Å²) in [6.07, 6.45) is -0.356. The Bertz CT molecular complexity index is 273. The molecular formula is C8H12N2O4. The maximum absolute atomic E-state index is 10.9. The van der Waals surface area contributed by atoms with E-state index in [1.165, 1.54) is 0 Å². The summed E-state index contributed by atoms with van der Waals surface area (Å²) in [7, 11) is 0. The molecule has 0 aromatic carbocycles. The average molecular weight is 200 g/mol. The summed E-state index contributed by atoms with van der Waals surface area (Å²) in [4.78, 5) is 42.8. The zero-order chi connectivity index (χ0) is 11.1. The standard InChI is InChI=1S/C8H12N2O4/c1-3-6(12)10-8(14)4-7(13)9-5(2)11/h3-4H2,1-2H3,(H,9,11,13)(H,10,12,14). The highest BCUT2D eigenvalue weighted by Gasteiger charge is 2.12. The van der Waals surface area contributed by atoms with Gasteiger partial charge in [0, 0.05) is 13.3 Å². The predicted octanol–water partition coefficient (Wildman–Crippen LogP) is -0.908. The topological polar surface area (TPSA) is 92.3 Å². The van der Waals surface area contributed by atoms with E-state index in [1.807, 2.05) is 10.6 Å². The second-order valence-electron chi connectivity index (χ2n) is 2.61. The maximum atomic E-state index is 10.9. The van der Waals surface area contributed by atoms with Gasteiger partial charge in [-0.05, 0) is 0 Å². The van der Waals surface area contributed by atoms with E-state index >= 15 is 0 Å². The zero-order valence-corrected chi connectivity index (χ0v) is 8.05. The van der Waals surface area contributed by atoms with Gasteiger partial charge in [0.2, 0.25) is 23.6 Å². The highest BCUT2D eigenvalue weighted by atomic mass is 16.2. The van der Waals surface area contributed by atoms with Crippen LogP contribution in [0.2, 0.25) is 0 Å². The van der Waals surface area contributed by atoms with E-state index in [2.05, 4.69) is 0 Å². The SMILES string of the molecule is CCC(=O)NC(=O)CC(=O)NC(C)=O. The monoisotopic (exact) mass is 200 g/mol. The molecule has 0 aliphatic rings. The molecule has 0 bridgehead atoms. The van der Waals surface area contributed by atoms with Crippen molar-refractivity contribution in [2.75, 3.05) is 0 Å². The molecule has 0 spiro atoms. The smallest absolute Gasteiger partial charge is 0.235 e. The lowest BCUT2D eigenvalue weighted by Crippen LogP contribution is -2.36. The lowest BCUT2D eigenvalue weighted by molar-refractivity contribution is -0.134. The van der Waals surface area contributed by atoms with E-state index in [4.69, 9.17) is 0 Å². The molecule has 0 atom stereocenters. The summed E-state index contributed by atoms with van der Waals surface area (Å²) >= 11 is 0. The third-order valence-electron chi connectivity index (χ3n) is 1.24. The Morgan fingerprint density at radius 3 is 1.86 bits per heavy atom. The van der Waals surface area contributed by atoms with Gasteiger partial charge < -0.3 is 0 Å². The van der Waals surface area contributed by atoms with Crippen molar-refractivity contribution in [3.63, 3.8) is 0 Å². The second kappa shape index (κ2) is 5.85. The van der Waals surface area contributed by atoms with E-state index in [0.29, 0.717) is 0 Å². The lowest BCUT2D eigenvalue weighted by Gasteiger charge is -2.01. The van der Waals surface area contributed by atoms with E-state index in [9.17, 15) is 19.2 Å². The minimum absolute atomic E-state index is 0.167. The fourth-order valence-corrected chi connectivity index (χ4v) is 0.674. The molecule has 4 amide bonds. The first-order chi connectivity index (χ1) is 6.45. The summed E-state index contributed by atoms with van der Waals surface area (Å²) in [6, 6.07) is 0. The number of amides is 4. The summed E-state index contributed by atoms with van der Waals surface area (Å²) < 4.78 is 0. The van der Waals surface area contributed by atoms with Gasteiger partial charge in [-0.25, -0.2) is 0 Å². The molecule has 6 nitrogen and oxygen atoms in total. The molecule has 0 unspecified atom stereocenters. The van der Waals surface area contributed by atoms with E-state index in [0.717, 1.165) is 6.92 Å². The summed E-state index contributed by atoms with van der Waals surface area (Å²) in [6.45, 7) is 2.74. The van der Waals surface area contributed by atoms with Gasteiger partial charge in [0.15, 0.2) is 0 Å². The van der Waals surface area contributed by atoms with Gasteiger partial charge in [-0.1, -0.05) is 6.92 Å². The first-order valence-electron chi connectivity index (χ1n) is 4.08. The Morgan fingerprint density at radius 1 is 0.929 bits per heavy atom. The number of rotatable bonds is 3. The van der Waals surface area contributed by atoms with Crippen LogP contribution in [-0.4, -0.2) is 23.6 Å². The van der Waals surface area contributed by atoms with Gasteiger partial charge >= 0.3 is 0 Å². The largest absolute Gasteiger partial charge is 0.296 e. The van der Waals surface area contributed by atoms with Crippen molar-refractivity contribution in [1.82, 2.24) is 10.6 Å². The van der Waals surface area contributed by atoms with Gasteiger partial charge in [0.05, 0.1) is 0 Å². The minimum Gasteiger partial charge on any atom is -0.296 e. The van der Waals surface area contributed by atoms with Crippen molar-refractivity contribution in [1.29, 1.82) is 0 Å². The lowest BCUT2D eigenvalue weighted by atomic mass is 10.3. The molecule has 0 aliphatic carbocycles. The highest BCUT2D eigenvalue weighted by molar-refractivity contribution is 6.07. The third-order valence-corrected chi connectivity index (χ3v) is 1.24. The van der Waals surface area contributed by atoms with Crippen molar-refractivity contribution in [2.24, 2.45) is 0 Å². The molecule has 6 heteroatoms. The van der Waals surface area contributed by atoms with Crippen molar-refractivity contribution in [3.05, 3.63) is 0 Å². The Hall–Kier alpha value is -1.72. The normalized spacial score (nSPS) is 9.00. The molecule has 0 rings (SSSR count). The fraction of sp³-hybridized carbons (Fsp3) is 0.500. The molecule has 2 N–H and O–H groups in total. The average Bonchev–Trinajstić information content (AvgIpc) is 2.01. The first kappa shape index (κ1) is 12.3. The van der Waals surface area contributed by atoms with Gasteiger partial charge in [-0.3, -0.25) is 29.8 Å². The molecule has 0 saturated carbocycles. The molecule has 14 heavy (non-hydrogen) atoms. The molecule has 0 aromatic rings. The summed E-state index contributed by atoms with van der Waals surface area (Å²) in [5.74, 6) is -2.43. The molecule has 0 fully saturated rings. The quantitative estimate of drug-likeness (QED) is 0.577. The van der Waals surface area contributed by atoms with Crippen LogP contribution in [-0.2, 0) is 19.2 Å². The predicted molar refractivity (Wildman–Crippen MR) is 46.9 cm³/mol. The number of hydrogen-bond acceptors (Lipinski definition) is 4. The van der Waals surface area contributed by atoms with Crippen LogP contribution in [0.15, 0.2) is 0 Å². The van der Waals surface area contributed by atoms with Gasteiger partial charge in [-0.15, -0.1) is 0 Å². The Labute approximate surface area is 81.0 Å². The van der Waals surface area contributed by atoms with E-state index in [-0.39, 0.29) is 6.42 Å². The van der Waals surface area contributed by atoms with Crippen molar-refractivity contribution in [2.45, 2.75) is 26.7 Å². The molecule has 0 aliphatic heterocycles. The molecule has 0 aromatic heterocycles. The molecular weight excluding hydrogens is 188 g/mol. The van der Waals surface area contributed by atoms with Crippen LogP contribution in [0.25, 0.3) is 0 Å². The summed E-state index contributed by atoms with van der Waals surface area (Å²) in [5, 5.41) is 3.90. The summed E-state index contributed by atoms with van der Waals surface area (Å²) in [5.41, 5.74) is 0. The van der Waals surface area contributed by atoms with Crippen molar-refractivity contribution in [3.8, 4) is 0 Å². The molecule has 0 heterocycles. The van der Waals surface area contributed by atoms with Crippen LogP contribution >= 0.6 is 0 Å². The van der Waals surface area contributed by atoms with E-state index in [1.54, 1.807) is 6.92 Å². The van der Waals surface area contributed by atoms with Gasteiger partial charge in [-0.2, -0.15) is 0 Å². The Balaban J connectivity index is 3.88.